The molecule has 1 heterocycles. The number of hydrogen-bond acceptors (Lipinski definition) is 4. The summed E-state index contributed by atoms with van der Waals surface area (Å²) in [7, 11) is 0. The highest BCUT2D eigenvalue weighted by Gasteiger charge is 2.24. The summed E-state index contributed by atoms with van der Waals surface area (Å²) in [5.74, 6) is 0.334. The van der Waals surface area contributed by atoms with Gasteiger partial charge in [-0.15, -0.1) is 11.8 Å². The predicted octanol–water partition coefficient (Wildman–Crippen LogP) is 2.70. The van der Waals surface area contributed by atoms with Gasteiger partial charge in [-0.2, -0.15) is 5.26 Å². The molecule has 2 aromatic carbocycles. The minimum absolute atomic E-state index is 0.0311. The van der Waals surface area contributed by atoms with Gasteiger partial charge >= 0.3 is 0 Å². The molecule has 2 amide bonds. The molecule has 0 atom stereocenters. The second-order valence-electron chi connectivity index (χ2n) is 5.64. The second-order valence-corrected chi connectivity index (χ2v) is 6.65. The topological polar surface area (TPSA) is 73.2 Å². The summed E-state index contributed by atoms with van der Waals surface area (Å²) in [5.41, 5.74) is 2.40. The first-order chi connectivity index (χ1) is 12.2. The Kier molecular flexibility index (Phi) is 5.36. The molecule has 0 spiro atoms. The Hall–Kier alpha value is -2.78. The maximum Gasteiger partial charge on any atom is 0.237 e. The van der Waals surface area contributed by atoms with Crippen LogP contribution in [0.4, 0.5) is 5.69 Å². The molecule has 0 fully saturated rings. The lowest BCUT2D eigenvalue weighted by atomic mass is 10.1. The molecule has 6 heteroatoms. The van der Waals surface area contributed by atoms with E-state index >= 15 is 0 Å². The summed E-state index contributed by atoms with van der Waals surface area (Å²) < 4.78 is 0. The Morgan fingerprint density at radius 2 is 1.96 bits per heavy atom. The molecular weight excluding hydrogens is 334 g/mol. The van der Waals surface area contributed by atoms with Gasteiger partial charge < -0.3 is 10.2 Å². The van der Waals surface area contributed by atoms with Gasteiger partial charge in [0.25, 0.3) is 0 Å². The summed E-state index contributed by atoms with van der Waals surface area (Å²) in [6.45, 7) is 0.778. The van der Waals surface area contributed by atoms with Crippen molar-refractivity contribution >= 4 is 29.3 Å². The number of nitrogens with one attached hydrogen (secondary N) is 1. The van der Waals surface area contributed by atoms with Crippen LogP contribution in [0, 0.1) is 11.3 Å². The second kappa shape index (κ2) is 7.86. The Morgan fingerprint density at radius 3 is 2.72 bits per heavy atom. The smallest absolute Gasteiger partial charge is 0.237 e. The van der Waals surface area contributed by atoms with Crippen LogP contribution in [0.1, 0.15) is 17.5 Å². The average Bonchev–Trinajstić information content (AvgIpc) is 2.66. The van der Waals surface area contributed by atoms with Crippen molar-refractivity contribution in [3.8, 4) is 6.07 Å². The van der Waals surface area contributed by atoms with E-state index < -0.39 is 0 Å². The summed E-state index contributed by atoms with van der Waals surface area (Å²) >= 11 is 1.53. The minimum atomic E-state index is -0.104. The highest BCUT2D eigenvalue weighted by molar-refractivity contribution is 8.00. The number of carbonyl (C=O) groups is 2. The highest BCUT2D eigenvalue weighted by atomic mass is 32.2. The monoisotopic (exact) mass is 351 g/mol. The zero-order valence-corrected chi connectivity index (χ0v) is 14.4. The summed E-state index contributed by atoms with van der Waals surface area (Å²) in [5, 5.41) is 11.6. The first-order valence-corrected chi connectivity index (χ1v) is 8.94. The minimum Gasteiger partial charge on any atom is -0.352 e. The van der Waals surface area contributed by atoms with Gasteiger partial charge in [0.15, 0.2) is 0 Å². The number of fused-ring (bicyclic) bond motifs is 1. The SMILES string of the molecule is N#Cc1ccc(CNC(=O)CCN2C(=O)CSc3ccccc32)cc1. The van der Waals surface area contributed by atoms with Gasteiger partial charge in [0.05, 0.1) is 23.1 Å². The fourth-order valence-corrected chi connectivity index (χ4v) is 3.53. The van der Waals surface area contributed by atoms with Crippen LogP contribution in [0.15, 0.2) is 53.4 Å². The van der Waals surface area contributed by atoms with Crippen molar-refractivity contribution in [2.45, 2.75) is 17.9 Å². The standard InChI is InChI=1S/C19H17N3O2S/c20-11-14-5-7-15(8-6-14)12-21-18(23)9-10-22-16-3-1-2-4-17(16)25-13-19(22)24/h1-8H,9-10,12-13H2,(H,21,23). The van der Waals surface area contributed by atoms with Crippen molar-refractivity contribution in [2.75, 3.05) is 17.2 Å². The molecule has 3 rings (SSSR count). The molecule has 126 valence electrons. The molecule has 0 aliphatic carbocycles. The largest absolute Gasteiger partial charge is 0.352 e. The quantitative estimate of drug-likeness (QED) is 0.899. The summed E-state index contributed by atoms with van der Waals surface area (Å²) in [4.78, 5) is 27.0. The van der Waals surface area contributed by atoms with Crippen molar-refractivity contribution < 1.29 is 9.59 Å². The first-order valence-electron chi connectivity index (χ1n) is 7.95. The van der Waals surface area contributed by atoms with Crippen molar-refractivity contribution in [1.82, 2.24) is 5.32 Å². The average molecular weight is 351 g/mol. The number of nitriles is 1. The maximum absolute atomic E-state index is 12.2. The van der Waals surface area contributed by atoms with Crippen molar-refractivity contribution in [3.05, 3.63) is 59.7 Å². The lowest BCUT2D eigenvalue weighted by Crippen LogP contribution is -2.38. The predicted molar refractivity (Wildman–Crippen MR) is 97.1 cm³/mol. The highest BCUT2D eigenvalue weighted by Crippen LogP contribution is 2.34. The normalized spacial score (nSPS) is 13.1. The lowest BCUT2D eigenvalue weighted by molar-refractivity contribution is -0.121. The van der Waals surface area contributed by atoms with Crippen LogP contribution in [0.25, 0.3) is 0 Å². The number of benzene rings is 2. The van der Waals surface area contributed by atoms with Crippen molar-refractivity contribution in [1.29, 1.82) is 5.26 Å². The van der Waals surface area contributed by atoms with Crippen LogP contribution in [-0.2, 0) is 16.1 Å². The molecule has 0 bridgehead atoms. The Labute approximate surface area is 150 Å². The molecule has 2 aromatic rings. The number of rotatable bonds is 5. The van der Waals surface area contributed by atoms with Gasteiger partial charge in [0.1, 0.15) is 0 Å². The fourth-order valence-electron chi connectivity index (χ4n) is 2.60. The molecule has 0 radical (unpaired) electrons. The van der Waals surface area contributed by atoms with E-state index in [0.717, 1.165) is 16.1 Å². The van der Waals surface area contributed by atoms with E-state index in [-0.39, 0.29) is 18.2 Å². The Balaban J connectivity index is 1.53. The van der Waals surface area contributed by atoms with Crippen LogP contribution >= 0.6 is 11.8 Å². The third kappa shape index (κ3) is 4.20. The number of hydrogen-bond donors (Lipinski definition) is 1. The lowest BCUT2D eigenvalue weighted by Gasteiger charge is -2.28. The van der Waals surface area contributed by atoms with Gasteiger partial charge in [-0.25, -0.2) is 0 Å². The number of amides is 2. The van der Waals surface area contributed by atoms with E-state index in [1.807, 2.05) is 36.4 Å². The number of carbonyl (C=O) groups excluding carboxylic acids is 2. The first kappa shape index (κ1) is 17.1. The molecule has 5 nitrogen and oxygen atoms in total. The third-order valence-electron chi connectivity index (χ3n) is 3.94. The molecule has 0 saturated heterocycles. The van der Waals surface area contributed by atoms with Gasteiger partial charge in [0, 0.05) is 24.4 Å². The summed E-state index contributed by atoms with van der Waals surface area (Å²) in [6, 6.07) is 16.9. The molecular formula is C19H17N3O2S. The molecule has 1 aliphatic rings. The van der Waals surface area contributed by atoms with Crippen LogP contribution < -0.4 is 10.2 Å². The summed E-state index contributed by atoms with van der Waals surface area (Å²) in [6.07, 6.45) is 0.251. The van der Waals surface area contributed by atoms with Gasteiger partial charge in [-0.3, -0.25) is 9.59 Å². The van der Waals surface area contributed by atoms with Crippen molar-refractivity contribution in [2.24, 2.45) is 0 Å². The number of thioether (sulfide) groups is 1. The molecule has 1 N–H and O–H groups in total. The Bertz CT molecular complexity index is 827. The zero-order chi connectivity index (χ0) is 17.6. The van der Waals surface area contributed by atoms with E-state index in [1.165, 1.54) is 11.8 Å². The number of anilines is 1. The molecule has 0 saturated carbocycles. The van der Waals surface area contributed by atoms with E-state index in [1.54, 1.807) is 17.0 Å². The maximum atomic E-state index is 12.2. The van der Waals surface area contributed by atoms with Crippen LogP contribution in [0.5, 0.6) is 0 Å². The van der Waals surface area contributed by atoms with Crippen LogP contribution in [-0.4, -0.2) is 24.1 Å². The van der Waals surface area contributed by atoms with E-state index in [9.17, 15) is 9.59 Å². The molecule has 0 unspecified atom stereocenters. The van der Waals surface area contributed by atoms with Crippen LogP contribution in [0.3, 0.4) is 0 Å². The van der Waals surface area contributed by atoms with Gasteiger partial charge in [-0.1, -0.05) is 24.3 Å². The van der Waals surface area contributed by atoms with Crippen molar-refractivity contribution in [3.63, 3.8) is 0 Å². The van der Waals surface area contributed by atoms with E-state index in [2.05, 4.69) is 11.4 Å². The number of para-hydroxylation sites is 1. The van der Waals surface area contributed by atoms with E-state index in [4.69, 9.17) is 5.26 Å². The van der Waals surface area contributed by atoms with Gasteiger partial charge in [-0.05, 0) is 29.8 Å². The Morgan fingerprint density at radius 1 is 1.20 bits per heavy atom. The zero-order valence-electron chi connectivity index (χ0n) is 13.6. The van der Waals surface area contributed by atoms with Gasteiger partial charge in [0.2, 0.25) is 11.8 Å². The third-order valence-corrected chi connectivity index (χ3v) is 4.99. The molecule has 0 aromatic heterocycles. The molecule has 1 aliphatic heterocycles. The molecule has 25 heavy (non-hydrogen) atoms. The van der Waals surface area contributed by atoms with E-state index in [0.29, 0.717) is 24.4 Å². The number of nitrogens with zero attached hydrogens (tertiary/aromatic N) is 2. The van der Waals surface area contributed by atoms with Crippen LogP contribution in [0.2, 0.25) is 0 Å². The fraction of sp³-hybridized carbons (Fsp3) is 0.211.